The summed E-state index contributed by atoms with van der Waals surface area (Å²) in [5.74, 6) is 0.744. The number of para-hydroxylation sites is 1. The van der Waals surface area contributed by atoms with Gasteiger partial charge in [-0.15, -0.1) is 0 Å². The van der Waals surface area contributed by atoms with E-state index in [4.69, 9.17) is 14.2 Å². The number of ether oxygens (including phenoxy) is 3. The van der Waals surface area contributed by atoms with Crippen LogP contribution in [0, 0.1) is 0 Å². The highest BCUT2D eigenvalue weighted by Gasteiger charge is 2.27. The second kappa shape index (κ2) is 7.25. The molecule has 0 radical (unpaired) electrons. The molecular weight excluding hydrogens is 322 g/mol. The molecule has 1 heterocycles. The van der Waals surface area contributed by atoms with Gasteiger partial charge in [0.1, 0.15) is 5.75 Å². The smallest absolute Gasteiger partial charge is 0.311 e. The van der Waals surface area contributed by atoms with Crippen LogP contribution in [0.15, 0.2) is 42.5 Å². The molecule has 6 heteroatoms. The quantitative estimate of drug-likeness (QED) is 0.668. The molecule has 130 valence electrons. The third kappa shape index (κ3) is 3.57. The fraction of sp³-hybridized carbons (Fsp3) is 0.263. The SMILES string of the molecule is CCCC(=O)Oc1ccc([C@H]2NC(=O)c3ccccc3O2)cc1OC. The highest BCUT2D eigenvalue weighted by atomic mass is 16.6. The standard InChI is InChI=1S/C19H19NO5/c1-3-6-17(21)24-15-10-9-12(11-16(15)23-2)19-20-18(22)13-7-4-5-8-14(13)25-19/h4-5,7-11,19H,3,6H2,1-2H3,(H,20,22)/t19-/m0/s1. The van der Waals surface area contributed by atoms with Crippen LogP contribution >= 0.6 is 0 Å². The zero-order chi connectivity index (χ0) is 17.8. The average molecular weight is 341 g/mol. The number of nitrogens with one attached hydrogen (secondary N) is 1. The van der Waals surface area contributed by atoms with E-state index < -0.39 is 6.23 Å². The Morgan fingerprint density at radius 2 is 2.00 bits per heavy atom. The lowest BCUT2D eigenvalue weighted by molar-refractivity contribution is -0.134. The molecule has 0 saturated heterocycles. The van der Waals surface area contributed by atoms with Gasteiger partial charge < -0.3 is 19.5 Å². The van der Waals surface area contributed by atoms with Crippen molar-refractivity contribution in [1.82, 2.24) is 5.32 Å². The Hall–Kier alpha value is -3.02. The molecule has 6 nitrogen and oxygen atoms in total. The molecule has 1 atom stereocenters. The predicted octanol–water partition coefficient (Wildman–Crippen LogP) is 3.22. The summed E-state index contributed by atoms with van der Waals surface area (Å²) in [5, 5.41) is 2.80. The molecule has 2 aromatic carbocycles. The van der Waals surface area contributed by atoms with Crippen molar-refractivity contribution < 1.29 is 23.8 Å². The van der Waals surface area contributed by atoms with Crippen molar-refractivity contribution in [3.8, 4) is 17.2 Å². The minimum Gasteiger partial charge on any atom is -0.493 e. The molecule has 25 heavy (non-hydrogen) atoms. The fourth-order valence-corrected chi connectivity index (χ4v) is 2.57. The third-order valence-corrected chi connectivity index (χ3v) is 3.81. The number of hydrogen-bond donors (Lipinski definition) is 1. The van der Waals surface area contributed by atoms with Gasteiger partial charge in [0.25, 0.3) is 5.91 Å². The monoisotopic (exact) mass is 341 g/mol. The summed E-state index contributed by atoms with van der Waals surface area (Å²) in [6.07, 6.45) is 0.404. The van der Waals surface area contributed by atoms with Crippen molar-refractivity contribution in [2.75, 3.05) is 7.11 Å². The normalized spacial score (nSPS) is 15.6. The van der Waals surface area contributed by atoms with Gasteiger partial charge in [-0.2, -0.15) is 0 Å². The van der Waals surface area contributed by atoms with Gasteiger partial charge in [-0.25, -0.2) is 0 Å². The number of esters is 1. The Bertz CT molecular complexity index is 802. The van der Waals surface area contributed by atoms with Crippen molar-refractivity contribution in [1.29, 1.82) is 0 Å². The Morgan fingerprint density at radius 1 is 1.20 bits per heavy atom. The first-order valence-electron chi connectivity index (χ1n) is 8.07. The van der Waals surface area contributed by atoms with Gasteiger partial charge in [-0.3, -0.25) is 9.59 Å². The zero-order valence-electron chi connectivity index (χ0n) is 14.1. The summed E-state index contributed by atoms with van der Waals surface area (Å²) in [6.45, 7) is 1.91. The van der Waals surface area contributed by atoms with E-state index >= 15 is 0 Å². The molecule has 1 amide bonds. The van der Waals surface area contributed by atoms with Crippen molar-refractivity contribution in [3.63, 3.8) is 0 Å². The van der Waals surface area contributed by atoms with E-state index in [1.54, 1.807) is 36.4 Å². The van der Waals surface area contributed by atoms with E-state index in [9.17, 15) is 9.59 Å². The lowest BCUT2D eigenvalue weighted by Crippen LogP contribution is -2.36. The van der Waals surface area contributed by atoms with Crippen LogP contribution in [0.1, 0.15) is 41.9 Å². The minimum absolute atomic E-state index is 0.204. The Morgan fingerprint density at radius 3 is 2.76 bits per heavy atom. The van der Waals surface area contributed by atoms with Gasteiger partial charge in [-0.05, 0) is 36.8 Å². The van der Waals surface area contributed by atoms with E-state index in [0.717, 1.165) is 0 Å². The second-order valence-electron chi connectivity index (χ2n) is 5.60. The molecule has 2 aromatic rings. The van der Waals surface area contributed by atoms with Crippen LogP contribution in [0.4, 0.5) is 0 Å². The molecule has 0 aliphatic carbocycles. The highest BCUT2D eigenvalue weighted by Crippen LogP contribution is 2.34. The molecule has 0 aromatic heterocycles. The maximum absolute atomic E-state index is 12.2. The number of carbonyl (C=O) groups excluding carboxylic acids is 2. The molecule has 3 rings (SSSR count). The Labute approximate surface area is 145 Å². The van der Waals surface area contributed by atoms with Gasteiger partial charge in [-0.1, -0.05) is 19.1 Å². The van der Waals surface area contributed by atoms with Crippen LogP contribution in [-0.4, -0.2) is 19.0 Å². The number of hydrogen-bond acceptors (Lipinski definition) is 5. The summed E-state index contributed by atoms with van der Waals surface area (Å²) in [6, 6.07) is 12.1. The fourth-order valence-electron chi connectivity index (χ4n) is 2.57. The third-order valence-electron chi connectivity index (χ3n) is 3.81. The number of fused-ring (bicyclic) bond motifs is 1. The lowest BCUT2D eigenvalue weighted by atomic mass is 10.1. The number of methoxy groups -OCH3 is 1. The van der Waals surface area contributed by atoms with Gasteiger partial charge in [0.05, 0.1) is 12.7 Å². The number of amides is 1. The first-order valence-corrected chi connectivity index (χ1v) is 8.07. The molecular formula is C19H19NO5. The van der Waals surface area contributed by atoms with Crippen LogP contribution < -0.4 is 19.5 Å². The molecule has 0 unspecified atom stereocenters. The van der Waals surface area contributed by atoms with E-state index in [-0.39, 0.29) is 11.9 Å². The topological polar surface area (TPSA) is 73.9 Å². The van der Waals surface area contributed by atoms with E-state index in [0.29, 0.717) is 41.2 Å². The Kier molecular flexibility index (Phi) is 4.88. The first-order chi connectivity index (χ1) is 12.1. The molecule has 0 saturated carbocycles. The number of benzene rings is 2. The summed E-state index contributed by atoms with van der Waals surface area (Å²) >= 11 is 0. The maximum atomic E-state index is 12.2. The van der Waals surface area contributed by atoms with Gasteiger partial charge in [0.2, 0.25) is 0 Å². The molecule has 0 fully saturated rings. The first kappa shape index (κ1) is 16.8. The minimum atomic E-state index is -0.642. The summed E-state index contributed by atoms with van der Waals surface area (Å²) in [7, 11) is 1.49. The van der Waals surface area contributed by atoms with Crippen molar-refractivity contribution in [2.24, 2.45) is 0 Å². The summed E-state index contributed by atoms with van der Waals surface area (Å²) < 4.78 is 16.5. The van der Waals surface area contributed by atoms with Crippen LogP contribution in [-0.2, 0) is 4.79 Å². The molecule has 1 aliphatic heterocycles. The number of rotatable bonds is 5. The summed E-state index contributed by atoms with van der Waals surface area (Å²) in [5.41, 5.74) is 1.19. The van der Waals surface area contributed by atoms with Gasteiger partial charge >= 0.3 is 5.97 Å². The average Bonchev–Trinajstić information content (AvgIpc) is 2.62. The Balaban J connectivity index is 1.84. The zero-order valence-corrected chi connectivity index (χ0v) is 14.1. The van der Waals surface area contributed by atoms with Crippen LogP contribution in [0.25, 0.3) is 0 Å². The second-order valence-corrected chi connectivity index (χ2v) is 5.60. The molecule has 0 bridgehead atoms. The van der Waals surface area contributed by atoms with Gasteiger partial charge in [0.15, 0.2) is 17.7 Å². The van der Waals surface area contributed by atoms with Gasteiger partial charge in [0, 0.05) is 12.0 Å². The van der Waals surface area contributed by atoms with E-state index in [1.807, 2.05) is 13.0 Å². The number of carbonyl (C=O) groups is 2. The summed E-state index contributed by atoms with van der Waals surface area (Å²) in [4.78, 5) is 23.9. The molecule has 0 spiro atoms. The largest absolute Gasteiger partial charge is 0.493 e. The van der Waals surface area contributed by atoms with Crippen molar-refractivity contribution in [3.05, 3.63) is 53.6 Å². The predicted molar refractivity (Wildman–Crippen MR) is 90.8 cm³/mol. The lowest BCUT2D eigenvalue weighted by Gasteiger charge is -2.27. The van der Waals surface area contributed by atoms with E-state index in [2.05, 4.69) is 5.32 Å². The van der Waals surface area contributed by atoms with Crippen LogP contribution in [0.3, 0.4) is 0 Å². The molecule has 1 aliphatic rings. The highest BCUT2D eigenvalue weighted by molar-refractivity contribution is 5.98. The van der Waals surface area contributed by atoms with E-state index in [1.165, 1.54) is 7.11 Å². The van der Waals surface area contributed by atoms with Crippen LogP contribution in [0.5, 0.6) is 17.2 Å². The van der Waals surface area contributed by atoms with Crippen LogP contribution in [0.2, 0.25) is 0 Å². The van der Waals surface area contributed by atoms with Crippen molar-refractivity contribution in [2.45, 2.75) is 26.0 Å². The van der Waals surface area contributed by atoms with Crippen molar-refractivity contribution >= 4 is 11.9 Å². The maximum Gasteiger partial charge on any atom is 0.311 e. The molecule has 1 N–H and O–H groups in total.